The zero-order chi connectivity index (χ0) is 15.2. The maximum atomic E-state index is 11.9. The van der Waals surface area contributed by atoms with Gasteiger partial charge in [0.15, 0.2) is 0 Å². The highest BCUT2D eigenvalue weighted by atomic mass is 16.4. The fourth-order valence-electron chi connectivity index (χ4n) is 2.39. The second kappa shape index (κ2) is 7.11. The third-order valence-corrected chi connectivity index (χ3v) is 3.65. The van der Waals surface area contributed by atoms with Gasteiger partial charge in [0.25, 0.3) is 0 Å². The van der Waals surface area contributed by atoms with Gasteiger partial charge in [-0.15, -0.1) is 0 Å². The molecular weight excluding hydrogens is 268 g/mol. The summed E-state index contributed by atoms with van der Waals surface area (Å²) < 4.78 is 0. The van der Waals surface area contributed by atoms with Crippen molar-refractivity contribution in [2.45, 2.75) is 44.7 Å². The van der Waals surface area contributed by atoms with E-state index in [0.717, 1.165) is 17.9 Å². The molecule has 1 aromatic carbocycles. The van der Waals surface area contributed by atoms with Crippen molar-refractivity contribution in [3.8, 4) is 0 Å². The van der Waals surface area contributed by atoms with Gasteiger partial charge in [0.05, 0.1) is 0 Å². The summed E-state index contributed by atoms with van der Waals surface area (Å²) in [5.74, 6) is -0.302. The van der Waals surface area contributed by atoms with E-state index in [-0.39, 0.29) is 12.5 Å². The van der Waals surface area contributed by atoms with Gasteiger partial charge in [-0.3, -0.25) is 0 Å². The van der Waals surface area contributed by atoms with Crippen LogP contribution in [0, 0.1) is 5.92 Å². The SMILES string of the molecule is CC(CC1CC1)NC(=O)NC(Cc1ccccc1)C(=O)O. The summed E-state index contributed by atoms with van der Waals surface area (Å²) in [4.78, 5) is 23.1. The van der Waals surface area contributed by atoms with E-state index in [2.05, 4.69) is 10.6 Å². The number of rotatable bonds is 7. The molecule has 2 rings (SSSR count). The molecule has 1 fully saturated rings. The number of aliphatic carboxylic acids is 1. The summed E-state index contributed by atoms with van der Waals surface area (Å²) in [5, 5.41) is 14.6. The van der Waals surface area contributed by atoms with Crippen LogP contribution in [0.2, 0.25) is 0 Å². The Morgan fingerprint density at radius 1 is 1.24 bits per heavy atom. The third-order valence-electron chi connectivity index (χ3n) is 3.65. The minimum atomic E-state index is -1.02. The second-order valence-corrected chi connectivity index (χ2v) is 5.78. The molecule has 1 aromatic rings. The first-order valence-electron chi connectivity index (χ1n) is 7.38. The highest BCUT2D eigenvalue weighted by molar-refractivity contribution is 5.82. The number of carboxylic acids is 1. The quantitative estimate of drug-likeness (QED) is 0.720. The Bertz CT molecular complexity index is 486. The molecule has 2 atom stereocenters. The molecule has 2 unspecified atom stereocenters. The minimum Gasteiger partial charge on any atom is -0.480 e. The summed E-state index contributed by atoms with van der Waals surface area (Å²) in [5.41, 5.74) is 0.885. The van der Waals surface area contributed by atoms with Gasteiger partial charge in [0.1, 0.15) is 6.04 Å². The molecule has 0 aromatic heterocycles. The van der Waals surface area contributed by atoms with Crippen LogP contribution in [0.3, 0.4) is 0 Å². The number of hydrogen-bond acceptors (Lipinski definition) is 2. The summed E-state index contributed by atoms with van der Waals surface area (Å²) in [6.45, 7) is 1.95. The predicted octanol–water partition coefficient (Wildman–Crippen LogP) is 2.17. The lowest BCUT2D eigenvalue weighted by Gasteiger charge is -2.18. The summed E-state index contributed by atoms with van der Waals surface area (Å²) in [7, 11) is 0. The molecule has 0 bridgehead atoms. The molecule has 0 aliphatic heterocycles. The van der Waals surface area contributed by atoms with Crippen LogP contribution in [0.25, 0.3) is 0 Å². The van der Waals surface area contributed by atoms with Crippen LogP contribution in [-0.2, 0) is 11.2 Å². The highest BCUT2D eigenvalue weighted by Crippen LogP contribution is 2.33. The smallest absolute Gasteiger partial charge is 0.326 e. The number of carbonyl (C=O) groups is 2. The van der Waals surface area contributed by atoms with Crippen molar-refractivity contribution < 1.29 is 14.7 Å². The molecule has 1 aliphatic carbocycles. The van der Waals surface area contributed by atoms with E-state index >= 15 is 0 Å². The van der Waals surface area contributed by atoms with E-state index in [1.54, 1.807) is 0 Å². The van der Waals surface area contributed by atoms with Crippen LogP contribution in [0.1, 0.15) is 31.7 Å². The Morgan fingerprint density at radius 3 is 2.48 bits per heavy atom. The Labute approximate surface area is 124 Å². The number of benzene rings is 1. The van der Waals surface area contributed by atoms with E-state index in [4.69, 9.17) is 0 Å². The Balaban J connectivity index is 1.83. The number of amides is 2. The van der Waals surface area contributed by atoms with Gasteiger partial charge in [-0.1, -0.05) is 43.2 Å². The Hall–Kier alpha value is -2.04. The summed E-state index contributed by atoms with van der Waals surface area (Å²) in [6, 6.07) is 8.03. The van der Waals surface area contributed by atoms with Crippen LogP contribution in [-0.4, -0.2) is 29.2 Å². The first-order valence-corrected chi connectivity index (χ1v) is 7.38. The van der Waals surface area contributed by atoms with Crippen LogP contribution >= 0.6 is 0 Å². The van der Waals surface area contributed by atoms with E-state index in [1.165, 1.54) is 12.8 Å². The fraction of sp³-hybridized carbons (Fsp3) is 0.500. The minimum absolute atomic E-state index is 0.0728. The largest absolute Gasteiger partial charge is 0.480 e. The van der Waals surface area contributed by atoms with Gasteiger partial charge in [0.2, 0.25) is 0 Å². The molecule has 1 aliphatic rings. The van der Waals surface area contributed by atoms with Gasteiger partial charge < -0.3 is 15.7 Å². The zero-order valence-electron chi connectivity index (χ0n) is 12.2. The van der Waals surface area contributed by atoms with Crippen molar-refractivity contribution in [2.24, 2.45) is 5.92 Å². The van der Waals surface area contributed by atoms with Gasteiger partial charge in [-0.25, -0.2) is 9.59 Å². The molecule has 0 spiro atoms. The van der Waals surface area contributed by atoms with Gasteiger partial charge in [-0.2, -0.15) is 0 Å². The van der Waals surface area contributed by atoms with E-state index < -0.39 is 18.0 Å². The standard InChI is InChI=1S/C16H22N2O3/c1-11(9-13-7-8-13)17-16(21)18-14(15(19)20)10-12-5-3-2-4-6-12/h2-6,11,13-14H,7-10H2,1H3,(H,19,20)(H2,17,18,21). The molecule has 5 nitrogen and oxygen atoms in total. The second-order valence-electron chi connectivity index (χ2n) is 5.78. The Kier molecular flexibility index (Phi) is 5.20. The van der Waals surface area contributed by atoms with E-state index in [9.17, 15) is 14.7 Å². The highest BCUT2D eigenvalue weighted by Gasteiger charge is 2.25. The van der Waals surface area contributed by atoms with Crippen molar-refractivity contribution in [3.05, 3.63) is 35.9 Å². The summed E-state index contributed by atoms with van der Waals surface area (Å²) in [6.07, 6.45) is 3.71. The molecule has 3 N–H and O–H groups in total. The summed E-state index contributed by atoms with van der Waals surface area (Å²) >= 11 is 0. The lowest BCUT2D eigenvalue weighted by molar-refractivity contribution is -0.139. The van der Waals surface area contributed by atoms with Crippen molar-refractivity contribution >= 4 is 12.0 Å². The topological polar surface area (TPSA) is 78.4 Å². The van der Waals surface area contributed by atoms with Crippen LogP contribution in [0.5, 0.6) is 0 Å². The number of carbonyl (C=O) groups excluding carboxylic acids is 1. The molecule has 114 valence electrons. The number of urea groups is 1. The first-order chi connectivity index (χ1) is 10.0. The molecule has 2 amide bonds. The maximum Gasteiger partial charge on any atom is 0.326 e. The zero-order valence-corrected chi connectivity index (χ0v) is 12.2. The van der Waals surface area contributed by atoms with E-state index in [1.807, 2.05) is 37.3 Å². The average Bonchev–Trinajstić information content (AvgIpc) is 3.22. The number of hydrogen-bond donors (Lipinski definition) is 3. The lowest BCUT2D eigenvalue weighted by Crippen LogP contribution is -2.49. The monoisotopic (exact) mass is 290 g/mol. The molecule has 0 saturated heterocycles. The average molecular weight is 290 g/mol. The third kappa shape index (κ3) is 5.45. The normalized spacial score (nSPS) is 16.8. The van der Waals surface area contributed by atoms with Crippen molar-refractivity contribution in [1.29, 1.82) is 0 Å². The van der Waals surface area contributed by atoms with Crippen molar-refractivity contribution in [2.75, 3.05) is 0 Å². The Morgan fingerprint density at radius 2 is 1.90 bits per heavy atom. The lowest BCUT2D eigenvalue weighted by atomic mass is 10.1. The van der Waals surface area contributed by atoms with Crippen molar-refractivity contribution in [1.82, 2.24) is 10.6 Å². The molecule has 0 radical (unpaired) electrons. The number of carboxylic acid groups (broad SMARTS) is 1. The number of nitrogens with one attached hydrogen (secondary N) is 2. The molecule has 1 saturated carbocycles. The van der Waals surface area contributed by atoms with Gasteiger partial charge >= 0.3 is 12.0 Å². The van der Waals surface area contributed by atoms with Gasteiger partial charge in [0, 0.05) is 12.5 Å². The molecule has 5 heteroatoms. The molecule has 0 heterocycles. The predicted molar refractivity (Wildman–Crippen MR) is 80.0 cm³/mol. The van der Waals surface area contributed by atoms with Crippen LogP contribution < -0.4 is 10.6 Å². The molecular formula is C16H22N2O3. The van der Waals surface area contributed by atoms with Crippen molar-refractivity contribution in [3.63, 3.8) is 0 Å². The fourth-order valence-corrected chi connectivity index (χ4v) is 2.39. The molecule has 21 heavy (non-hydrogen) atoms. The van der Waals surface area contributed by atoms with Crippen LogP contribution in [0.15, 0.2) is 30.3 Å². The van der Waals surface area contributed by atoms with E-state index in [0.29, 0.717) is 0 Å². The first kappa shape index (κ1) is 15.4. The maximum absolute atomic E-state index is 11.9. The van der Waals surface area contributed by atoms with Gasteiger partial charge in [-0.05, 0) is 24.8 Å². The van der Waals surface area contributed by atoms with Crippen LogP contribution in [0.4, 0.5) is 4.79 Å².